The van der Waals surface area contributed by atoms with Gasteiger partial charge in [-0.3, -0.25) is 4.98 Å². The summed E-state index contributed by atoms with van der Waals surface area (Å²) in [7, 11) is 0. The summed E-state index contributed by atoms with van der Waals surface area (Å²) < 4.78 is 5.88. The summed E-state index contributed by atoms with van der Waals surface area (Å²) in [5, 5.41) is 3.17. The molecule has 0 radical (unpaired) electrons. The third kappa shape index (κ3) is 3.86. The maximum Gasteiger partial charge on any atom is 0.317 e. The first-order valence-electron chi connectivity index (χ1n) is 7.93. The molecule has 5 nitrogen and oxygen atoms in total. The normalized spacial score (nSPS) is 23.0. The van der Waals surface area contributed by atoms with Crippen molar-refractivity contribution in [2.45, 2.75) is 50.7 Å². The highest BCUT2D eigenvalue weighted by molar-refractivity contribution is 5.74. The van der Waals surface area contributed by atoms with Gasteiger partial charge in [-0.15, -0.1) is 0 Å². The molecular weight excluding hydrogens is 266 g/mol. The summed E-state index contributed by atoms with van der Waals surface area (Å²) in [5.74, 6) is 0.824. The van der Waals surface area contributed by atoms with Crippen LogP contribution in [-0.4, -0.2) is 41.2 Å². The van der Waals surface area contributed by atoms with Gasteiger partial charge in [-0.1, -0.05) is 19.3 Å². The molecule has 1 atom stereocenters. The number of carbonyl (C=O) groups is 1. The van der Waals surface area contributed by atoms with Gasteiger partial charge in [0.2, 0.25) is 0 Å². The molecule has 2 heterocycles. The third-order valence-electron chi connectivity index (χ3n) is 4.32. The van der Waals surface area contributed by atoms with Crippen molar-refractivity contribution < 1.29 is 9.53 Å². The molecule has 1 aromatic rings. The Morgan fingerprint density at radius 1 is 1.19 bits per heavy atom. The zero-order chi connectivity index (χ0) is 14.5. The van der Waals surface area contributed by atoms with E-state index in [0.29, 0.717) is 12.6 Å². The minimum absolute atomic E-state index is 0.0720. The summed E-state index contributed by atoms with van der Waals surface area (Å²) >= 11 is 0. The number of nitrogens with zero attached hydrogens (tertiary/aromatic N) is 2. The predicted molar refractivity (Wildman–Crippen MR) is 80.2 cm³/mol. The van der Waals surface area contributed by atoms with Gasteiger partial charge < -0.3 is 15.0 Å². The van der Waals surface area contributed by atoms with E-state index in [0.717, 1.165) is 31.6 Å². The molecule has 1 saturated heterocycles. The highest BCUT2D eigenvalue weighted by Gasteiger charge is 2.29. The summed E-state index contributed by atoms with van der Waals surface area (Å²) in [6.07, 6.45) is 10.4. The van der Waals surface area contributed by atoms with Crippen LogP contribution in [-0.2, 0) is 0 Å². The minimum Gasteiger partial charge on any atom is -0.488 e. The van der Waals surface area contributed by atoms with E-state index in [-0.39, 0.29) is 12.1 Å². The lowest BCUT2D eigenvalue weighted by atomic mass is 9.96. The van der Waals surface area contributed by atoms with E-state index in [2.05, 4.69) is 10.3 Å². The highest BCUT2D eigenvalue weighted by atomic mass is 16.5. The Morgan fingerprint density at radius 3 is 2.71 bits per heavy atom. The van der Waals surface area contributed by atoms with E-state index in [1.165, 1.54) is 19.3 Å². The predicted octanol–water partition coefficient (Wildman–Crippen LogP) is 2.58. The Hall–Kier alpha value is -1.78. The standard InChI is InChI=1S/C16H23N3O2/c20-16(18-13-4-2-1-3-5-13)19-11-8-15(12-19)21-14-6-9-17-10-7-14/h6-7,9-10,13,15H,1-5,8,11-12H2,(H,18,20)/t15-/m0/s1. The molecule has 1 N–H and O–H groups in total. The lowest BCUT2D eigenvalue weighted by molar-refractivity contribution is 0.182. The monoisotopic (exact) mass is 289 g/mol. The van der Waals surface area contributed by atoms with Crippen LogP contribution < -0.4 is 10.1 Å². The second-order valence-electron chi connectivity index (χ2n) is 5.94. The number of hydrogen-bond acceptors (Lipinski definition) is 3. The quantitative estimate of drug-likeness (QED) is 0.930. The highest BCUT2D eigenvalue weighted by Crippen LogP contribution is 2.20. The second-order valence-corrected chi connectivity index (χ2v) is 5.94. The molecule has 0 unspecified atom stereocenters. The van der Waals surface area contributed by atoms with E-state index >= 15 is 0 Å². The van der Waals surface area contributed by atoms with E-state index < -0.39 is 0 Å². The summed E-state index contributed by atoms with van der Waals surface area (Å²) in [6, 6.07) is 4.14. The van der Waals surface area contributed by atoms with Crippen molar-refractivity contribution >= 4 is 6.03 Å². The maximum absolute atomic E-state index is 12.3. The van der Waals surface area contributed by atoms with Gasteiger partial charge >= 0.3 is 6.03 Å². The number of aromatic nitrogens is 1. The number of urea groups is 1. The Labute approximate surface area is 125 Å². The number of pyridine rings is 1. The van der Waals surface area contributed by atoms with Crippen molar-refractivity contribution in [1.29, 1.82) is 0 Å². The van der Waals surface area contributed by atoms with Gasteiger partial charge in [0.1, 0.15) is 11.9 Å². The number of carbonyl (C=O) groups excluding carboxylic acids is 1. The topological polar surface area (TPSA) is 54.5 Å². The number of amides is 2. The number of nitrogens with one attached hydrogen (secondary N) is 1. The second kappa shape index (κ2) is 6.78. The minimum atomic E-state index is 0.0720. The van der Waals surface area contributed by atoms with E-state index in [1.54, 1.807) is 12.4 Å². The van der Waals surface area contributed by atoms with Gasteiger partial charge in [0.05, 0.1) is 6.54 Å². The first-order chi connectivity index (χ1) is 10.3. The van der Waals surface area contributed by atoms with Crippen molar-refractivity contribution in [3.63, 3.8) is 0 Å². The Morgan fingerprint density at radius 2 is 1.95 bits per heavy atom. The van der Waals surface area contributed by atoms with Crippen LogP contribution in [0.25, 0.3) is 0 Å². The number of rotatable bonds is 3. The smallest absolute Gasteiger partial charge is 0.317 e. The van der Waals surface area contributed by atoms with Crippen LogP contribution in [0.5, 0.6) is 5.75 Å². The van der Waals surface area contributed by atoms with E-state index in [1.807, 2.05) is 17.0 Å². The summed E-state index contributed by atoms with van der Waals surface area (Å²) in [6.45, 7) is 1.44. The third-order valence-corrected chi connectivity index (χ3v) is 4.32. The average molecular weight is 289 g/mol. The Balaban J connectivity index is 1.46. The number of ether oxygens (including phenoxy) is 1. The van der Waals surface area contributed by atoms with Crippen molar-refractivity contribution in [3.8, 4) is 5.75 Å². The first kappa shape index (κ1) is 14.2. The van der Waals surface area contributed by atoms with Gasteiger partial charge in [-0.25, -0.2) is 4.79 Å². The lowest BCUT2D eigenvalue weighted by Gasteiger charge is -2.26. The molecule has 1 aromatic heterocycles. The molecule has 1 aliphatic heterocycles. The molecular formula is C16H23N3O2. The van der Waals surface area contributed by atoms with Crippen LogP contribution in [0.3, 0.4) is 0 Å². The number of hydrogen-bond donors (Lipinski definition) is 1. The maximum atomic E-state index is 12.3. The fourth-order valence-corrected chi connectivity index (χ4v) is 3.13. The molecule has 2 fully saturated rings. The fourth-order valence-electron chi connectivity index (χ4n) is 3.13. The van der Waals surface area contributed by atoms with Crippen molar-refractivity contribution in [2.24, 2.45) is 0 Å². The van der Waals surface area contributed by atoms with Crippen LogP contribution in [0.1, 0.15) is 38.5 Å². The van der Waals surface area contributed by atoms with Gasteiger partial charge in [0.25, 0.3) is 0 Å². The van der Waals surface area contributed by atoms with Crippen LogP contribution in [0.15, 0.2) is 24.5 Å². The fraction of sp³-hybridized carbons (Fsp3) is 0.625. The molecule has 2 aliphatic rings. The summed E-state index contributed by atoms with van der Waals surface area (Å²) in [4.78, 5) is 18.1. The van der Waals surface area contributed by atoms with Crippen molar-refractivity contribution in [3.05, 3.63) is 24.5 Å². The summed E-state index contributed by atoms with van der Waals surface area (Å²) in [5.41, 5.74) is 0. The first-order valence-corrected chi connectivity index (χ1v) is 7.93. The molecule has 114 valence electrons. The van der Waals surface area contributed by atoms with Crippen LogP contribution in [0, 0.1) is 0 Å². The van der Waals surface area contributed by atoms with Crippen LogP contribution in [0.2, 0.25) is 0 Å². The molecule has 1 saturated carbocycles. The Bertz CT molecular complexity index is 460. The molecule has 2 amide bonds. The van der Waals surface area contributed by atoms with Gasteiger partial charge in [-0.05, 0) is 25.0 Å². The molecule has 0 bridgehead atoms. The SMILES string of the molecule is O=C(NC1CCCCC1)N1CC[C@H](Oc2ccncc2)C1. The molecule has 5 heteroatoms. The van der Waals surface area contributed by atoms with E-state index in [9.17, 15) is 4.79 Å². The van der Waals surface area contributed by atoms with Crippen molar-refractivity contribution in [1.82, 2.24) is 15.2 Å². The Kier molecular flexibility index (Phi) is 4.58. The van der Waals surface area contributed by atoms with Gasteiger partial charge in [-0.2, -0.15) is 0 Å². The van der Waals surface area contributed by atoms with Gasteiger partial charge in [0.15, 0.2) is 0 Å². The number of likely N-dealkylation sites (tertiary alicyclic amines) is 1. The molecule has 0 spiro atoms. The molecule has 3 rings (SSSR count). The largest absolute Gasteiger partial charge is 0.488 e. The average Bonchev–Trinajstić information content (AvgIpc) is 2.98. The lowest BCUT2D eigenvalue weighted by Crippen LogP contribution is -2.45. The van der Waals surface area contributed by atoms with Crippen LogP contribution in [0.4, 0.5) is 4.79 Å². The molecule has 1 aliphatic carbocycles. The zero-order valence-electron chi connectivity index (χ0n) is 12.3. The van der Waals surface area contributed by atoms with Gasteiger partial charge in [0, 0.05) is 31.4 Å². The van der Waals surface area contributed by atoms with Crippen molar-refractivity contribution in [2.75, 3.05) is 13.1 Å². The molecule has 0 aromatic carbocycles. The van der Waals surface area contributed by atoms with E-state index in [4.69, 9.17) is 4.74 Å². The molecule has 21 heavy (non-hydrogen) atoms. The zero-order valence-corrected chi connectivity index (χ0v) is 12.3. The van der Waals surface area contributed by atoms with Crippen LogP contribution >= 0.6 is 0 Å².